The lowest BCUT2D eigenvalue weighted by molar-refractivity contribution is 0.307. The van der Waals surface area contributed by atoms with Gasteiger partial charge < -0.3 is 10.5 Å². The Balaban J connectivity index is 2.16. The number of aryl methyl sites for hydroxylation is 1. The topological polar surface area (TPSA) is 35.2 Å². The highest BCUT2D eigenvalue weighted by molar-refractivity contribution is 6.31. The average Bonchev–Trinajstić information content (AvgIpc) is 2.34. The SMILES string of the molecule is Cc1cc(OCc2ccccc2Cl)c(N)cc1F. The van der Waals surface area contributed by atoms with Crippen LogP contribution in [0, 0.1) is 12.7 Å². The van der Waals surface area contributed by atoms with Crippen molar-refractivity contribution in [2.75, 3.05) is 5.73 Å². The maximum atomic E-state index is 13.2. The van der Waals surface area contributed by atoms with Crippen molar-refractivity contribution >= 4 is 17.3 Å². The first kappa shape index (κ1) is 12.7. The molecule has 0 heterocycles. The zero-order chi connectivity index (χ0) is 13.1. The van der Waals surface area contributed by atoms with Gasteiger partial charge in [0.25, 0.3) is 0 Å². The number of nitrogens with two attached hydrogens (primary N) is 1. The van der Waals surface area contributed by atoms with E-state index in [4.69, 9.17) is 22.1 Å². The number of hydrogen-bond acceptors (Lipinski definition) is 2. The van der Waals surface area contributed by atoms with E-state index in [1.54, 1.807) is 19.1 Å². The van der Waals surface area contributed by atoms with Gasteiger partial charge in [-0.15, -0.1) is 0 Å². The lowest BCUT2D eigenvalue weighted by Gasteiger charge is -2.11. The Labute approximate surface area is 110 Å². The van der Waals surface area contributed by atoms with Crippen molar-refractivity contribution in [1.29, 1.82) is 0 Å². The molecule has 18 heavy (non-hydrogen) atoms. The van der Waals surface area contributed by atoms with Crippen molar-refractivity contribution in [3.63, 3.8) is 0 Å². The van der Waals surface area contributed by atoms with Crippen molar-refractivity contribution in [1.82, 2.24) is 0 Å². The molecule has 0 atom stereocenters. The van der Waals surface area contributed by atoms with Crippen LogP contribution in [0.1, 0.15) is 11.1 Å². The number of ether oxygens (including phenoxy) is 1. The summed E-state index contributed by atoms with van der Waals surface area (Å²) in [6.45, 7) is 1.96. The molecule has 0 fully saturated rings. The molecule has 0 radical (unpaired) electrons. The largest absolute Gasteiger partial charge is 0.487 e. The van der Waals surface area contributed by atoms with Crippen LogP contribution in [0.5, 0.6) is 5.75 Å². The second-order valence-corrected chi connectivity index (χ2v) is 4.43. The third kappa shape index (κ3) is 2.74. The van der Waals surface area contributed by atoms with Crippen molar-refractivity contribution in [3.05, 3.63) is 58.4 Å². The summed E-state index contributed by atoms with van der Waals surface area (Å²) in [5.74, 6) is 0.131. The second-order valence-electron chi connectivity index (χ2n) is 4.02. The first-order valence-electron chi connectivity index (χ1n) is 5.50. The van der Waals surface area contributed by atoms with Crippen LogP contribution in [0.4, 0.5) is 10.1 Å². The van der Waals surface area contributed by atoms with Crippen LogP contribution in [0.2, 0.25) is 5.02 Å². The normalized spacial score (nSPS) is 10.4. The number of anilines is 1. The van der Waals surface area contributed by atoms with Crippen molar-refractivity contribution < 1.29 is 9.13 Å². The van der Waals surface area contributed by atoms with E-state index in [0.717, 1.165) is 5.56 Å². The summed E-state index contributed by atoms with van der Waals surface area (Å²) in [6, 6.07) is 10.2. The molecule has 4 heteroatoms. The first-order chi connectivity index (χ1) is 8.58. The number of hydrogen-bond donors (Lipinski definition) is 1. The monoisotopic (exact) mass is 265 g/mol. The maximum absolute atomic E-state index is 13.2. The minimum absolute atomic E-state index is 0.283. The van der Waals surface area contributed by atoms with Crippen molar-refractivity contribution in [2.24, 2.45) is 0 Å². The van der Waals surface area contributed by atoms with Crippen LogP contribution in [0.15, 0.2) is 36.4 Å². The molecule has 2 aromatic carbocycles. The molecule has 0 aliphatic rings. The van der Waals surface area contributed by atoms with Gasteiger partial charge in [0, 0.05) is 16.7 Å². The van der Waals surface area contributed by atoms with E-state index in [1.165, 1.54) is 6.07 Å². The summed E-state index contributed by atoms with van der Waals surface area (Å²) in [5, 5.41) is 0.634. The number of nitrogen functional groups attached to an aromatic ring is 1. The molecule has 0 aromatic heterocycles. The number of halogens is 2. The second kappa shape index (κ2) is 5.27. The van der Waals surface area contributed by atoms with E-state index < -0.39 is 0 Å². The van der Waals surface area contributed by atoms with Gasteiger partial charge in [0.2, 0.25) is 0 Å². The van der Waals surface area contributed by atoms with Crippen LogP contribution in [-0.4, -0.2) is 0 Å². The Morgan fingerprint density at radius 2 is 2.00 bits per heavy atom. The van der Waals surface area contributed by atoms with Crippen LogP contribution in [-0.2, 0) is 6.61 Å². The summed E-state index contributed by atoms with van der Waals surface area (Å²) in [4.78, 5) is 0. The molecule has 0 unspecified atom stereocenters. The van der Waals surface area contributed by atoms with E-state index in [1.807, 2.05) is 18.2 Å². The standard InChI is InChI=1S/C14H13ClFNO/c1-9-6-14(13(17)7-12(9)16)18-8-10-4-2-3-5-11(10)15/h2-7H,8,17H2,1H3. The third-order valence-electron chi connectivity index (χ3n) is 2.63. The molecule has 0 saturated heterocycles. The van der Waals surface area contributed by atoms with E-state index in [-0.39, 0.29) is 11.5 Å². The molecule has 0 aliphatic carbocycles. The Morgan fingerprint density at radius 1 is 1.28 bits per heavy atom. The van der Waals surface area contributed by atoms with Crippen molar-refractivity contribution in [2.45, 2.75) is 13.5 Å². The molecule has 2 N–H and O–H groups in total. The number of benzene rings is 2. The molecule has 2 aromatic rings. The van der Waals surface area contributed by atoms with Crippen LogP contribution >= 0.6 is 11.6 Å². The average molecular weight is 266 g/mol. The van der Waals surface area contributed by atoms with E-state index in [9.17, 15) is 4.39 Å². The lowest BCUT2D eigenvalue weighted by atomic mass is 10.2. The summed E-state index contributed by atoms with van der Waals surface area (Å²) in [7, 11) is 0. The van der Waals surface area contributed by atoms with Crippen molar-refractivity contribution in [3.8, 4) is 5.75 Å². The highest BCUT2D eigenvalue weighted by Crippen LogP contribution is 2.26. The van der Waals surface area contributed by atoms with E-state index in [2.05, 4.69) is 0 Å². The quantitative estimate of drug-likeness (QED) is 0.853. The third-order valence-corrected chi connectivity index (χ3v) is 3.00. The molecule has 0 aliphatic heterocycles. The van der Waals surface area contributed by atoms with Gasteiger partial charge in [0.1, 0.15) is 18.2 Å². The molecule has 0 saturated carbocycles. The summed E-state index contributed by atoms with van der Waals surface area (Å²) in [5.41, 5.74) is 7.34. The minimum Gasteiger partial charge on any atom is -0.487 e. The fraction of sp³-hybridized carbons (Fsp3) is 0.143. The smallest absolute Gasteiger partial charge is 0.143 e. The van der Waals surface area contributed by atoms with Gasteiger partial charge in [-0.2, -0.15) is 0 Å². The molecule has 0 amide bonds. The minimum atomic E-state index is -0.336. The molecule has 2 nitrogen and oxygen atoms in total. The van der Waals surface area contributed by atoms with Crippen LogP contribution in [0.3, 0.4) is 0 Å². The summed E-state index contributed by atoms with van der Waals surface area (Å²) < 4.78 is 18.8. The van der Waals surface area contributed by atoms with E-state index in [0.29, 0.717) is 22.9 Å². The molecule has 94 valence electrons. The Bertz CT molecular complexity index is 572. The fourth-order valence-corrected chi connectivity index (χ4v) is 1.76. The molecular weight excluding hydrogens is 253 g/mol. The highest BCUT2D eigenvalue weighted by atomic mass is 35.5. The van der Waals surface area contributed by atoms with Gasteiger partial charge in [-0.25, -0.2) is 4.39 Å². The highest BCUT2D eigenvalue weighted by Gasteiger charge is 2.07. The Kier molecular flexibility index (Phi) is 3.72. The van der Waals surface area contributed by atoms with Gasteiger partial charge in [-0.1, -0.05) is 29.8 Å². The van der Waals surface area contributed by atoms with Gasteiger partial charge >= 0.3 is 0 Å². The fourth-order valence-electron chi connectivity index (χ4n) is 1.57. The van der Waals surface area contributed by atoms with E-state index >= 15 is 0 Å². The molecule has 0 bridgehead atoms. The zero-order valence-corrected chi connectivity index (χ0v) is 10.7. The maximum Gasteiger partial charge on any atom is 0.143 e. The number of rotatable bonds is 3. The van der Waals surface area contributed by atoms with Gasteiger partial charge in [-0.05, 0) is 24.6 Å². The predicted octanol–water partition coefficient (Wildman–Crippen LogP) is 3.95. The first-order valence-corrected chi connectivity index (χ1v) is 5.87. The van der Waals surface area contributed by atoms with Crippen LogP contribution < -0.4 is 10.5 Å². The molecular formula is C14H13ClFNO. The summed E-state index contributed by atoms with van der Waals surface area (Å²) >= 11 is 6.02. The zero-order valence-electron chi connectivity index (χ0n) is 9.91. The summed E-state index contributed by atoms with van der Waals surface area (Å²) in [6.07, 6.45) is 0. The van der Waals surface area contributed by atoms with Gasteiger partial charge in [-0.3, -0.25) is 0 Å². The van der Waals surface area contributed by atoms with Gasteiger partial charge in [0.05, 0.1) is 5.69 Å². The van der Waals surface area contributed by atoms with Crippen LogP contribution in [0.25, 0.3) is 0 Å². The molecule has 0 spiro atoms. The molecule has 2 rings (SSSR count). The Morgan fingerprint density at radius 3 is 2.72 bits per heavy atom. The Hall–Kier alpha value is -1.74. The van der Waals surface area contributed by atoms with Gasteiger partial charge in [0.15, 0.2) is 0 Å². The lowest BCUT2D eigenvalue weighted by Crippen LogP contribution is -2.00. The predicted molar refractivity (Wildman–Crippen MR) is 71.3 cm³/mol.